The minimum Gasteiger partial charge on any atom is -0.332 e. The van der Waals surface area contributed by atoms with Crippen LogP contribution in [0, 0.1) is 19.7 Å². The standard InChI is InChI=1S/C18H19FN2O2/c1-12-4-5-13(2)16(10-12)20-17(22)11-21(3)18(23)14-6-8-15(19)9-7-14/h4-10H,11H2,1-3H3,(H,20,22). The molecule has 0 aliphatic carbocycles. The van der Waals surface area contributed by atoms with E-state index in [1.165, 1.54) is 36.2 Å². The number of hydrogen-bond donors (Lipinski definition) is 1. The Bertz CT molecular complexity index is 726. The quantitative estimate of drug-likeness (QED) is 0.942. The van der Waals surface area contributed by atoms with Crippen LogP contribution in [-0.2, 0) is 4.79 Å². The summed E-state index contributed by atoms with van der Waals surface area (Å²) in [5.41, 5.74) is 3.07. The lowest BCUT2D eigenvalue weighted by molar-refractivity contribution is -0.116. The number of benzene rings is 2. The van der Waals surface area contributed by atoms with Gasteiger partial charge in [-0.2, -0.15) is 0 Å². The van der Waals surface area contributed by atoms with Crippen molar-refractivity contribution in [1.29, 1.82) is 0 Å². The maximum atomic E-state index is 12.9. The van der Waals surface area contributed by atoms with E-state index in [2.05, 4.69) is 5.32 Å². The van der Waals surface area contributed by atoms with Crippen LogP contribution in [0.15, 0.2) is 42.5 Å². The average molecular weight is 314 g/mol. The van der Waals surface area contributed by atoms with Crippen molar-refractivity contribution in [2.75, 3.05) is 18.9 Å². The van der Waals surface area contributed by atoms with Crippen molar-refractivity contribution in [2.24, 2.45) is 0 Å². The fourth-order valence-corrected chi connectivity index (χ4v) is 2.16. The minimum atomic E-state index is -0.406. The first-order valence-electron chi connectivity index (χ1n) is 7.25. The van der Waals surface area contributed by atoms with E-state index in [0.717, 1.165) is 16.8 Å². The first-order valence-corrected chi connectivity index (χ1v) is 7.25. The van der Waals surface area contributed by atoms with E-state index >= 15 is 0 Å². The molecule has 1 N–H and O–H groups in total. The van der Waals surface area contributed by atoms with Gasteiger partial charge >= 0.3 is 0 Å². The molecule has 2 amide bonds. The van der Waals surface area contributed by atoms with E-state index in [1.807, 2.05) is 32.0 Å². The van der Waals surface area contributed by atoms with Gasteiger partial charge in [0.2, 0.25) is 5.91 Å². The first-order chi connectivity index (χ1) is 10.9. The number of carbonyl (C=O) groups excluding carboxylic acids is 2. The molecule has 0 unspecified atom stereocenters. The molecule has 0 bridgehead atoms. The third kappa shape index (κ3) is 4.39. The lowest BCUT2D eigenvalue weighted by Crippen LogP contribution is -2.35. The van der Waals surface area contributed by atoms with Crippen molar-refractivity contribution in [1.82, 2.24) is 4.90 Å². The number of hydrogen-bond acceptors (Lipinski definition) is 2. The second-order valence-electron chi connectivity index (χ2n) is 5.53. The Morgan fingerprint density at radius 3 is 2.39 bits per heavy atom. The molecular weight excluding hydrogens is 295 g/mol. The molecule has 0 radical (unpaired) electrons. The Morgan fingerprint density at radius 2 is 1.74 bits per heavy atom. The summed E-state index contributed by atoms with van der Waals surface area (Å²) in [4.78, 5) is 25.6. The van der Waals surface area contributed by atoms with Crippen LogP contribution in [0.3, 0.4) is 0 Å². The Labute approximate surface area is 134 Å². The third-order valence-corrected chi connectivity index (χ3v) is 3.49. The Morgan fingerprint density at radius 1 is 1.09 bits per heavy atom. The van der Waals surface area contributed by atoms with Crippen LogP contribution in [0.2, 0.25) is 0 Å². The molecule has 0 atom stereocenters. The summed E-state index contributed by atoms with van der Waals surface area (Å²) in [7, 11) is 1.54. The van der Waals surface area contributed by atoms with E-state index in [0.29, 0.717) is 5.56 Å². The van der Waals surface area contributed by atoms with Crippen molar-refractivity contribution in [3.63, 3.8) is 0 Å². The number of aryl methyl sites for hydroxylation is 2. The molecule has 0 aliphatic heterocycles. The topological polar surface area (TPSA) is 49.4 Å². The molecule has 2 aromatic rings. The van der Waals surface area contributed by atoms with Crippen LogP contribution in [0.5, 0.6) is 0 Å². The number of nitrogens with zero attached hydrogens (tertiary/aromatic N) is 1. The Hall–Kier alpha value is -2.69. The van der Waals surface area contributed by atoms with E-state index in [-0.39, 0.29) is 18.4 Å². The summed E-state index contributed by atoms with van der Waals surface area (Å²) in [6, 6.07) is 11.0. The average Bonchev–Trinajstić information content (AvgIpc) is 2.51. The Balaban J connectivity index is 2.00. The minimum absolute atomic E-state index is 0.0798. The van der Waals surface area contributed by atoms with Crippen LogP contribution in [0.25, 0.3) is 0 Å². The number of anilines is 1. The first kappa shape index (κ1) is 16.7. The number of amides is 2. The molecule has 23 heavy (non-hydrogen) atoms. The molecule has 2 aromatic carbocycles. The van der Waals surface area contributed by atoms with Gasteiger partial charge in [-0.05, 0) is 55.3 Å². The van der Waals surface area contributed by atoms with E-state index in [4.69, 9.17) is 0 Å². The molecular formula is C18H19FN2O2. The normalized spacial score (nSPS) is 10.3. The number of likely N-dealkylation sites (N-methyl/N-ethyl adjacent to an activating group) is 1. The number of carbonyl (C=O) groups is 2. The monoisotopic (exact) mass is 314 g/mol. The molecule has 120 valence electrons. The molecule has 0 aliphatic rings. The van der Waals surface area contributed by atoms with Crippen LogP contribution < -0.4 is 5.32 Å². The summed E-state index contributed by atoms with van der Waals surface area (Å²) in [6.07, 6.45) is 0. The molecule has 0 aromatic heterocycles. The summed E-state index contributed by atoms with van der Waals surface area (Å²) >= 11 is 0. The van der Waals surface area contributed by atoms with Crippen LogP contribution in [-0.4, -0.2) is 30.3 Å². The maximum absolute atomic E-state index is 12.9. The molecule has 0 heterocycles. The van der Waals surface area contributed by atoms with Crippen molar-refractivity contribution < 1.29 is 14.0 Å². The van der Waals surface area contributed by atoms with Gasteiger partial charge in [0.25, 0.3) is 5.91 Å². The second-order valence-corrected chi connectivity index (χ2v) is 5.53. The summed E-state index contributed by atoms with van der Waals surface area (Å²) < 4.78 is 12.9. The molecule has 4 nitrogen and oxygen atoms in total. The number of nitrogens with one attached hydrogen (secondary N) is 1. The smallest absolute Gasteiger partial charge is 0.254 e. The fourth-order valence-electron chi connectivity index (χ4n) is 2.16. The van der Waals surface area contributed by atoms with E-state index in [1.54, 1.807) is 0 Å². The van der Waals surface area contributed by atoms with Gasteiger partial charge in [0, 0.05) is 18.3 Å². The number of halogens is 1. The fraction of sp³-hybridized carbons (Fsp3) is 0.222. The molecule has 0 spiro atoms. The van der Waals surface area contributed by atoms with Crippen LogP contribution >= 0.6 is 0 Å². The van der Waals surface area contributed by atoms with Gasteiger partial charge in [0.15, 0.2) is 0 Å². The van der Waals surface area contributed by atoms with Crippen molar-refractivity contribution in [2.45, 2.75) is 13.8 Å². The summed E-state index contributed by atoms with van der Waals surface area (Å²) in [5, 5.41) is 2.80. The van der Waals surface area contributed by atoms with Gasteiger partial charge < -0.3 is 10.2 Å². The lowest BCUT2D eigenvalue weighted by Gasteiger charge is -2.17. The molecule has 0 fully saturated rings. The van der Waals surface area contributed by atoms with Gasteiger partial charge in [-0.15, -0.1) is 0 Å². The zero-order chi connectivity index (χ0) is 17.0. The lowest BCUT2D eigenvalue weighted by atomic mass is 10.1. The van der Waals surface area contributed by atoms with Gasteiger partial charge in [-0.3, -0.25) is 9.59 Å². The van der Waals surface area contributed by atoms with Gasteiger partial charge in [-0.25, -0.2) is 4.39 Å². The van der Waals surface area contributed by atoms with Gasteiger partial charge in [0.1, 0.15) is 5.82 Å². The van der Waals surface area contributed by atoms with E-state index in [9.17, 15) is 14.0 Å². The Kier molecular flexibility index (Phi) is 5.11. The van der Waals surface area contributed by atoms with Crippen molar-refractivity contribution >= 4 is 17.5 Å². The third-order valence-electron chi connectivity index (χ3n) is 3.49. The second kappa shape index (κ2) is 7.05. The predicted octanol–water partition coefficient (Wildman–Crippen LogP) is 3.15. The predicted molar refractivity (Wildman–Crippen MR) is 87.9 cm³/mol. The number of rotatable bonds is 4. The largest absolute Gasteiger partial charge is 0.332 e. The van der Waals surface area contributed by atoms with Gasteiger partial charge in [0.05, 0.1) is 6.54 Å². The zero-order valence-electron chi connectivity index (χ0n) is 13.4. The zero-order valence-corrected chi connectivity index (χ0v) is 13.4. The van der Waals surface area contributed by atoms with Crippen molar-refractivity contribution in [3.8, 4) is 0 Å². The van der Waals surface area contributed by atoms with Crippen molar-refractivity contribution in [3.05, 3.63) is 65.0 Å². The molecule has 5 heteroatoms. The highest BCUT2D eigenvalue weighted by Gasteiger charge is 2.15. The SMILES string of the molecule is Cc1ccc(C)c(NC(=O)CN(C)C(=O)c2ccc(F)cc2)c1. The van der Waals surface area contributed by atoms with Crippen LogP contribution in [0.1, 0.15) is 21.5 Å². The molecule has 2 rings (SSSR count). The molecule has 0 saturated carbocycles. The van der Waals surface area contributed by atoms with Gasteiger partial charge in [-0.1, -0.05) is 12.1 Å². The summed E-state index contributed by atoms with van der Waals surface area (Å²) in [5.74, 6) is -1.02. The highest BCUT2D eigenvalue weighted by Crippen LogP contribution is 2.16. The molecule has 0 saturated heterocycles. The van der Waals surface area contributed by atoms with E-state index < -0.39 is 5.82 Å². The maximum Gasteiger partial charge on any atom is 0.254 e. The van der Waals surface area contributed by atoms with Crippen LogP contribution in [0.4, 0.5) is 10.1 Å². The summed E-state index contributed by atoms with van der Waals surface area (Å²) in [6.45, 7) is 3.77. The highest BCUT2D eigenvalue weighted by molar-refractivity contribution is 5.99. The highest BCUT2D eigenvalue weighted by atomic mass is 19.1.